The SMILES string of the molecule is CC(C)OC(=O)OCOP(=O)(CCN1n2cc(C(=O)NCc3ccc(F)cc3F)c(=O)c(O)c2C(=O)N(C)[C@]12CCOC2)OCOC(=O)OC(C)C.CC(C)OC(=O)OCOP(=O)(O)CCN1n2cc(C(=O)NCc3ccc(F)cc3F)c(=O)c(O)c2C(=O)N(C)[C@]12CCOC2. The van der Waals surface area contributed by atoms with Gasteiger partial charge in [0.1, 0.15) is 34.4 Å². The number of hydrogen-bond acceptors (Lipinski definition) is 26. The molecule has 2 fully saturated rings. The zero-order valence-electron chi connectivity index (χ0n) is 52.9. The van der Waals surface area contributed by atoms with Crippen LogP contribution >= 0.6 is 15.2 Å². The highest BCUT2D eigenvalue weighted by molar-refractivity contribution is 7.53. The highest BCUT2D eigenvalue weighted by Crippen LogP contribution is 2.49. The number of pyridine rings is 2. The van der Waals surface area contributed by atoms with Crippen LogP contribution in [0, 0.1) is 23.3 Å². The van der Waals surface area contributed by atoms with E-state index in [1.165, 1.54) is 33.9 Å². The van der Waals surface area contributed by atoms with Gasteiger partial charge in [-0.2, -0.15) is 0 Å². The molecule has 4 aromatic rings. The summed E-state index contributed by atoms with van der Waals surface area (Å²) in [5, 5.41) is 29.3. The maximum absolute atomic E-state index is 14.2. The number of rotatable bonds is 24. The highest BCUT2D eigenvalue weighted by atomic mass is 31.2. The van der Waals surface area contributed by atoms with E-state index in [4.69, 9.17) is 46.7 Å². The summed E-state index contributed by atoms with van der Waals surface area (Å²) in [7, 11) is -6.07. The number of nitrogens with zero attached hydrogens (tertiary/aromatic N) is 6. The lowest BCUT2D eigenvalue weighted by Crippen LogP contribution is -2.70. The Kier molecular flexibility index (Phi) is 24.4. The molecule has 8 rings (SSSR count). The molecule has 0 aliphatic carbocycles. The third-order valence-electron chi connectivity index (χ3n) is 14.9. The molecule has 4 aliphatic rings. The summed E-state index contributed by atoms with van der Waals surface area (Å²) in [6.45, 7) is 5.20. The molecule has 96 heavy (non-hydrogen) atoms. The molecule has 6 heterocycles. The molecule has 3 atom stereocenters. The number of nitrogens with one attached hydrogen (secondary N) is 2. The summed E-state index contributed by atoms with van der Waals surface area (Å²) in [5.41, 5.74) is -7.58. The van der Waals surface area contributed by atoms with Crippen molar-refractivity contribution in [2.75, 3.05) is 96.3 Å². The molecule has 0 bridgehead atoms. The third-order valence-corrected chi connectivity index (χ3v) is 17.9. The molecule has 0 saturated carbocycles. The molecule has 5 N–H and O–H groups in total. The number of carbonyl (C=O) groups is 7. The van der Waals surface area contributed by atoms with E-state index in [-0.39, 0.29) is 63.5 Å². The minimum atomic E-state index is -4.46. The second kappa shape index (κ2) is 31.4. The van der Waals surface area contributed by atoms with Crippen LogP contribution in [0.2, 0.25) is 0 Å². The maximum atomic E-state index is 14.2. The van der Waals surface area contributed by atoms with Gasteiger partial charge in [-0.25, -0.2) is 31.9 Å². The molecule has 2 saturated heterocycles. The summed E-state index contributed by atoms with van der Waals surface area (Å²) in [6, 6.07) is 5.41. The fourth-order valence-corrected chi connectivity index (χ4v) is 12.0. The summed E-state index contributed by atoms with van der Waals surface area (Å²) in [4.78, 5) is 128. The molecule has 0 radical (unpaired) electrons. The Morgan fingerprint density at radius 1 is 0.583 bits per heavy atom. The lowest BCUT2D eigenvalue weighted by atomic mass is 10.0. The van der Waals surface area contributed by atoms with Crippen LogP contribution in [-0.4, -0.2) is 192 Å². The van der Waals surface area contributed by atoms with Crippen molar-refractivity contribution in [3.8, 4) is 11.5 Å². The van der Waals surface area contributed by atoms with Crippen molar-refractivity contribution in [3.63, 3.8) is 0 Å². The number of aromatic hydroxyl groups is 2. The Bertz CT molecular complexity index is 3790. The number of aromatic nitrogens is 2. The van der Waals surface area contributed by atoms with E-state index < -0.39 is 201 Å². The molecule has 2 aromatic heterocycles. The lowest BCUT2D eigenvalue weighted by molar-refractivity contribution is -0.0305. The van der Waals surface area contributed by atoms with E-state index in [9.17, 15) is 84.9 Å². The van der Waals surface area contributed by atoms with Gasteiger partial charge >= 0.3 is 33.7 Å². The maximum Gasteiger partial charge on any atom is 0.510 e. The average molecular weight is 1410 g/mol. The molecule has 33 nitrogen and oxygen atoms in total. The Balaban J connectivity index is 0.000000275. The number of carbonyl (C=O) groups excluding carboxylic acids is 7. The number of halogens is 4. The highest BCUT2D eigenvalue weighted by Gasteiger charge is 2.54. The van der Waals surface area contributed by atoms with Crippen LogP contribution in [0.4, 0.5) is 31.9 Å². The molecule has 1 unspecified atom stereocenters. The van der Waals surface area contributed by atoms with Crippen LogP contribution in [0.3, 0.4) is 0 Å². The van der Waals surface area contributed by atoms with Gasteiger partial charge in [0.2, 0.25) is 31.2 Å². The van der Waals surface area contributed by atoms with Gasteiger partial charge < -0.3 is 73.4 Å². The van der Waals surface area contributed by atoms with Gasteiger partial charge in [0, 0.05) is 88.8 Å². The summed E-state index contributed by atoms with van der Waals surface area (Å²) < 4.78 is 139. The molecule has 39 heteroatoms. The fourth-order valence-electron chi connectivity index (χ4n) is 10.1. The Hall–Kier alpha value is -8.83. The van der Waals surface area contributed by atoms with Crippen LogP contribution in [0.15, 0.2) is 58.4 Å². The molecular formula is C57H70F4N8O25P2. The van der Waals surface area contributed by atoms with Crippen LogP contribution in [0.5, 0.6) is 11.5 Å². The van der Waals surface area contributed by atoms with Crippen molar-refractivity contribution in [3.05, 3.63) is 126 Å². The van der Waals surface area contributed by atoms with Gasteiger partial charge in [-0.3, -0.25) is 70.8 Å². The Morgan fingerprint density at radius 2 is 0.948 bits per heavy atom. The number of likely N-dealkylation sites (N-methyl/N-ethyl adjacent to an activating group) is 2. The van der Waals surface area contributed by atoms with E-state index in [1.807, 2.05) is 0 Å². The van der Waals surface area contributed by atoms with Crippen molar-refractivity contribution in [2.45, 2.75) is 97.1 Å². The molecular weight excluding hydrogens is 1330 g/mol. The number of ether oxygens (including phenoxy) is 8. The predicted octanol–water partition coefficient (Wildman–Crippen LogP) is 4.79. The second-order valence-electron chi connectivity index (χ2n) is 22.3. The van der Waals surface area contributed by atoms with Crippen molar-refractivity contribution in [1.82, 2.24) is 29.8 Å². The topological polar surface area (TPSA) is 397 Å². The normalized spacial score (nSPS) is 18.0. The zero-order valence-corrected chi connectivity index (χ0v) is 54.7. The zero-order chi connectivity index (χ0) is 70.8. The first kappa shape index (κ1) is 74.6. The number of hydrogen-bond donors (Lipinski definition) is 5. The van der Waals surface area contributed by atoms with E-state index in [2.05, 4.69) is 15.4 Å². The first-order valence-corrected chi connectivity index (χ1v) is 32.7. The van der Waals surface area contributed by atoms with Crippen LogP contribution in [0.25, 0.3) is 0 Å². The quantitative estimate of drug-likeness (QED) is 0.0207. The monoisotopic (exact) mass is 1400 g/mol. The van der Waals surface area contributed by atoms with E-state index in [0.717, 1.165) is 46.0 Å². The summed E-state index contributed by atoms with van der Waals surface area (Å²) in [6.07, 6.45) is -3.83. The Morgan fingerprint density at radius 3 is 1.29 bits per heavy atom. The largest absolute Gasteiger partial charge is 0.510 e. The van der Waals surface area contributed by atoms with Crippen molar-refractivity contribution in [2.24, 2.45) is 0 Å². The molecule has 4 aliphatic heterocycles. The van der Waals surface area contributed by atoms with Crippen molar-refractivity contribution >= 4 is 57.3 Å². The van der Waals surface area contributed by atoms with Crippen molar-refractivity contribution in [1.29, 1.82) is 0 Å². The minimum Gasteiger partial charge on any atom is -0.502 e. The van der Waals surface area contributed by atoms with Crippen LogP contribution in [-0.2, 0) is 73.7 Å². The van der Waals surface area contributed by atoms with Gasteiger partial charge in [-0.05, 0) is 53.7 Å². The number of fused-ring (bicyclic) bond motifs is 2. The van der Waals surface area contributed by atoms with E-state index in [1.54, 1.807) is 41.5 Å². The third kappa shape index (κ3) is 17.4. The fraction of sp³-hybridized carbons (Fsp3) is 0.491. The Labute approximate surface area is 543 Å². The summed E-state index contributed by atoms with van der Waals surface area (Å²) >= 11 is 0. The second-order valence-corrected chi connectivity index (χ2v) is 26.5. The first-order valence-electron chi connectivity index (χ1n) is 29.2. The average Bonchev–Trinajstić information content (AvgIpc) is 1.20. The van der Waals surface area contributed by atoms with Crippen LogP contribution in [0.1, 0.15) is 107 Å². The summed E-state index contributed by atoms with van der Waals surface area (Å²) in [5.74, 6) is -9.44. The van der Waals surface area contributed by atoms with Crippen molar-refractivity contribution < 1.29 is 127 Å². The van der Waals surface area contributed by atoms with Gasteiger partial charge in [-0.1, -0.05) is 12.1 Å². The molecule has 526 valence electrons. The van der Waals surface area contributed by atoms with E-state index >= 15 is 0 Å². The lowest BCUT2D eigenvalue weighted by Gasteiger charge is -2.52. The predicted molar refractivity (Wildman–Crippen MR) is 320 cm³/mol. The van der Waals surface area contributed by atoms with Gasteiger partial charge in [0.25, 0.3) is 23.6 Å². The number of benzene rings is 2. The van der Waals surface area contributed by atoms with Gasteiger partial charge in [0.15, 0.2) is 34.2 Å². The standard InChI is InChI=1S/C31H39F2N4O14P.C26H31F2N4O11P/c1-18(2)50-29(42)46-16-48-52(44,49-17-47-30(43)51-19(3)4)11-9-37-31(8-10-45-15-31)35(5)28(41)24-26(39)25(38)22(14-36(24)37)27(40)34-13-20-6-7-21(32)12-23(20)33;1-15(2)43-25(37)41-14-42-44(38,39)9-7-32-26(6-8-40-13-26)30(3)24(36)20-22(34)21(33)18(12-31(20)32)23(35)29-11-16-4-5-17(27)10-19(16)28/h6-7,12,14,18-19,39H,8-11,13,15-17H2,1-5H3,(H,34,40);4-5,10,12,15,34H,6-9,11,13-14H2,1-3H3,(H,29,35)(H,38,39)/t31-;26-/m11/s1. The smallest absolute Gasteiger partial charge is 0.502 e. The van der Waals surface area contributed by atoms with E-state index in [0.29, 0.717) is 12.1 Å². The molecule has 4 amide bonds. The first-order chi connectivity index (χ1) is 45.1. The minimum absolute atomic E-state index is 0.0757. The van der Waals surface area contributed by atoms with Crippen LogP contribution < -0.4 is 31.5 Å². The molecule has 2 spiro atoms. The molecule has 2 aromatic carbocycles. The number of amides is 4. The van der Waals surface area contributed by atoms with Gasteiger partial charge in [-0.15, -0.1) is 0 Å². The van der Waals surface area contributed by atoms with Gasteiger partial charge in [0.05, 0.1) is 57.1 Å².